The fraction of sp³-hybridized carbons (Fsp3) is 0.263. The molecular weight excluding hydrogens is 384 g/mol. The second-order valence-electron chi connectivity index (χ2n) is 5.63. The Bertz CT molecular complexity index is 759. The Balaban J connectivity index is 1.86. The summed E-state index contributed by atoms with van der Waals surface area (Å²) in [6.45, 7) is 6.01. The number of hydrogen-bond donors (Lipinski definition) is 1. The maximum absolute atomic E-state index is 12.0. The van der Waals surface area contributed by atoms with Crippen molar-refractivity contribution < 1.29 is 4.79 Å². The molecule has 5 heteroatoms. The molecule has 2 rings (SSSR count). The number of benzene rings is 2. The maximum atomic E-state index is 12.0. The Kier molecular flexibility index (Phi) is 7.06. The van der Waals surface area contributed by atoms with Crippen LogP contribution in [0.2, 0.25) is 0 Å². The van der Waals surface area contributed by atoms with E-state index in [0.717, 1.165) is 27.1 Å². The number of nitrogens with one attached hydrogen (secondary N) is 1. The van der Waals surface area contributed by atoms with Crippen LogP contribution in [0.3, 0.4) is 0 Å². The van der Waals surface area contributed by atoms with E-state index in [1.807, 2.05) is 39.0 Å². The van der Waals surface area contributed by atoms with Crippen molar-refractivity contribution in [3.8, 4) is 0 Å². The monoisotopic (exact) mass is 404 g/mol. The van der Waals surface area contributed by atoms with Gasteiger partial charge in [0, 0.05) is 15.8 Å². The van der Waals surface area contributed by atoms with Crippen molar-refractivity contribution in [2.45, 2.75) is 26.5 Å². The summed E-state index contributed by atoms with van der Waals surface area (Å²) in [6.07, 6.45) is 0. The topological polar surface area (TPSA) is 41.5 Å². The Morgan fingerprint density at radius 2 is 1.96 bits per heavy atom. The number of nitrogens with zero attached hydrogens (tertiary/aromatic N) is 1. The van der Waals surface area contributed by atoms with Crippen LogP contribution in [-0.4, -0.2) is 17.4 Å². The van der Waals surface area contributed by atoms with E-state index in [1.54, 1.807) is 11.8 Å². The van der Waals surface area contributed by atoms with E-state index in [9.17, 15) is 4.79 Å². The highest BCUT2D eigenvalue weighted by molar-refractivity contribution is 9.10. The molecule has 0 heterocycles. The smallest absolute Gasteiger partial charge is 0.250 e. The van der Waals surface area contributed by atoms with Crippen LogP contribution >= 0.6 is 27.7 Å². The molecule has 0 fully saturated rings. The van der Waals surface area contributed by atoms with Crippen LogP contribution in [0.5, 0.6) is 0 Å². The third-order valence-corrected chi connectivity index (χ3v) is 5.33. The van der Waals surface area contributed by atoms with E-state index in [-0.39, 0.29) is 5.91 Å². The van der Waals surface area contributed by atoms with Gasteiger partial charge in [0.1, 0.15) is 0 Å². The van der Waals surface area contributed by atoms with Gasteiger partial charge in [0.05, 0.1) is 11.5 Å². The quantitative estimate of drug-likeness (QED) is 0.552. The minimum atomic E-state index is -0.0864. The van der Waals surface area contributed by atoms with Crippen LogP contribution in [0, 0.1) is 13.8 Å². The van der Waals surface area contributed by atoms with Crippen molar-refractivity contribution in [1.82, 2.24) is 5.43 Å². The van der Waals surface area contributed by atoms with Crippen LogP contribution in [0.1, 0.15) is 29.2 Å². The molecule has 0 bridgehead atoms. The van der Waals surface area contributed by atoms with Gasteiger partial charge in [-0.05, 0) is 44.0 Å². The summed E-state index contributed by atoms with van der Waals surface area (Å²) in [7, 11) is 0. The van der Waals surface area contributed by atoms with E-state index in [1.165, 1.54) is 11.1 Å². The predicted octanol–water partition coefficient (Wildman–Crippen LogP) is 4.84. The molecule has 0 spiro atoms. The fourth-order valence-electron chi connectivity index (χ4n) is 2.23. The van der Waals surface area contributed by atoms with Crippen molar-refractivity contribution >= 4 is 39.3 Å². The molecule has 0 aliphatic heterocycles. The minimum absolute atomic E-state index is 0.0864. The zero-order valence-electron chi connectivity index (χ0n) is 14.1. The summed E-state index contributed by atoms with van der Waals surface area (Å²) in [5, 5.41) is 4.23. The zero-order chi connectivity index (χ0) is 17.5. The fourth-order valence-corrected chi connectivity index (χ4v) is 3.67. The van der Waals surface area contributed by atoms with Gasteiger partial charge in [-0.3, -0.25) is 4.79 Å². The van der Waals surface area contributed by atoms with Gasteiger partial charge in [-0.1, -0.05) is 51.8 Å². The van der Waals surface area contributed by atoms with Crippen molar-refractivity contribution in [2.24, 2.45) is 5.10 Å². The molecule has 1 amide bonds. The molecule has 0 radical (unpaired) electrons. The molecule has 0 unspecified atom stereocenters. The highest BCUT2D eigenvalue weighted by atomic mass is 79.9. The van der Waals surface area contributed by atoms with Crippen molar-refractivity contribution in [3.05, 3.63) is 69.2 Å². The number of hydrogen-bond acceptors (Lipinski definition) is 3. The average molecular weight is 405 g/mol. The Labute approximate surface area is 156 Å². The van der Waals surface area contributed by atoms with E-state index >= 15 is 0 Å². The van der Waals surface area contributed by atoms with E-state index in [0.29, 0.717) is 5.75 Å². The lowest BCUT2D eigenvalue weighted by Gasteiger charge is -2.07. The van der Waals surface area contributed by atoms with Gasteiger partial charge in [0.25, 0.3) is 0 Å². The molecule has 0 saturated heterocycles. The van der Waals surface area contributed by atoms with Crippen LogP contribution in [0.4, 0.5) is 0 Å². The van der Waals surface area contributed by atoms with Gasteiger partial charge >= 0.3 is 0 Å². The van der Waals surface area contributed by atoms with E-state index < -0.39 is 0 Å². The standard InChI is InChI=1S/C19H21BrN2OS/c1-13-8-9-14(2)17(10-13)15(3)21-22-19(23)12-24-11-16-6-4-5-7-18(16)20/h4-10H,11-12H2,1-3H3,(H,22,23)/b21-15-. The zero-order valence-corrected chi connectivity index (χ0v) is 16.5. The van der Waals surface area contributed by atoms with Gasteiger partial charge in [0.15, 0.2) is 0 Å². The number of amides is 1. The summed E-state index contributed by atoms with van der Waals surface area (Å²) >= 11 is 5.09. The number of thioether (sulfide) groups is 1. The van der Waals surface area contributed by atoms with Gasteiger partial charge in [-0.25, -0.2) is 5.43 Å². The SMILES string of the molecule is C/C(=N/NC(=O)CSCc1ccccc1Br)c1cc(C)ccc1C. The summed E-state index contributed by atoms with van der Waals surface area (Å²) in [5.74, 6) is 1.08. The number of rotatable bonds is 6. The molecule has 0 aromatic heterocycles. The molecular formula is C19H21BrN2OS. The first-order valence-electron chi connectivity index (χ1n) is 7.69. The van der Waals surface area contributed by atoms with Gasteiger partial charge in [-0.15, -0.1) is 11.8 Å². The number of aryl methyl sites for hydroxylation is 2. The summed E-state index contributed by atoms with van der Waals surface area (Å²) in [5.41, 5.74) is 8.05. The number of halogens is 1. The van der Waals surface area contributed by atoms with Gasteiger partial charge in [-0.2, -0.15) is 5.10 Å². The number of carbonyl (C=O) groups is 1. The van der Waals surface area contributed by atoms with Crippen molar-refractivity contribution in [3.63, 3.8) is 0 Å². The van der Waals surface area contributed by atoms with Crippen LogP contribution in [0.25, 0.3) is 0 Å². The molecule has 24 heavy (non-hydrogen) atoms. The predicted molar refractivity (Wildman–Crippen MR) is 107 cm³/mol. The molecule has 2 aromatic rings. The third kappa shape index (κ3) is 5.49. The maximum Gasteiger partial charge on any atom is 0.250 e. The molecule has 3 nitrogen and oxygen atoms in total. The Morgan fingerprint density at radius 1 is 1.21 bits per heavy atom. The van der Waals surface area contributed by atoms with Gasteiger partial charge < -0.3 is 0 Å². The molecule has 2 aromatic carbocycles. The van der Waals surface area contributed by atoms with Gasteiger partial charge in [0.2, 0.25) is 5.91 Å². The summed E-state index contributed by atoms with van der Waals surface area (Å²) in [4.78, 5) is 12.0. The minimum Gasteiger partial charge on any atom is -0.272 e. The van der Waals surface area contributed by atoms with Crippen molar-refractivity contribution in [1.29, 1.82) is 0 Å². The van der Waals surface area contributed by atoms with E-state index in [2.05, 4.69) is 50.7 Å². The Hall–Kier alpha value is -1.59. The van der Waals surface area contributed by atoms with E-state index in [4.69, 9.17) is 0 Å². The first-order valence-corrected chi connectivity index (χ1v) is 9.64. The Morgan fingerprint density at radius 3 is 2.71 bits per heavy atom. The second kappa shape index (κ2) is 9.04. The highest BCUT2D eigenvalue weighted by Gasteiger charge is 2.05. The normalized spacial score (nSPS) is 11.4. The second-order valence-corrected chi connectivity index (χ2v) is 7.47. The lowest BCUT2D eigenvalue weighted by Crippen LogP contribution is -2.21. The summed E-state index contributed by atoms with van der Waals surface area (Å²) < 4.78 is 1.07. The lowest BCUT2D eigenvalue weighted by atomic mass is 10.0. The number of carbonyl (C=O) groups excluding carboxylic acids is 1. The number of hydrazone groups is 1. The first-order chi connectivity index (χ1) is 11.5. The first kappa shape index (κ1) is 18.7. The molecule has 0 aliphatic carbocycles. The largest absolute Gasteiger partial charge is 0.272 e. The molecule has 0 aliphatic rings. The van der Waals surface area contributed by atoms with Crippen molar-refractivity contribution in [2.75, 3.05) is 5.75 Å². The van der Waals surface area contributed by atoms with Crippen LogP contribution < -0.4 is 5.43 Å². The van der Waals surface area contributed by atoms with Crippen LogP contribution in [-0.2, 0) is 10.5 Å². The lowest BCUT2D eigenvalue weighted by molar-refractivity contribution is -0.118. The molecule has 0 saturated carbocycles. The molecule has 126 valence electrons. The summed E-state index contributed by atoms with van der Waals surface area (Å²) in [6, 6.07) is 14.3. The molecule has 0 atom stereocenters. The highest BCUT2D eigenvalue weighted by Crippen LogP contribution is 2.21. The average Bonchev–Trinajstić information content (AvgIpc) is 2.56. The van der Waals surface area contributed by atoms with Crippen LogP contribution in [0.15, 0.2) is 52.0 Å². The molecule has 1 N–H and O–H groups in total. The third-order valence-electron chi connectivity index (χ3n) is 3.58.